The molecule has 9 heteroatoms. The standard InChI is InChI=1S/C19H19N7O2/c1-11-22-18(25-28-11)13-4-6-14(7-5-13)23-19-15(17(21)27)10-26(24-19)16(8-9-20)12-2-3-12/h4-7,10,12,16H,2-3,8H2,1H3,(H2,21,27)(H,23,24). The third kappa shape index (κ3) is 3.57. The molecule has 0 spiro atoms. The van der Waals surface area contributed by atoms with Crippen molar-refractivity contribution in [3.63, 3.8) is 0 Å². The van der Waals surface area contributed by atoms with Gasteiger partial charge >= 0.3 is 0 Å². The molecule has 4 rings (SSSR count). The first kappa shape index (κ1) is 17.7. The van der Waals surface area contributed by atoms with Gasteiger partial charge < -0.3 is 15.6 Å². The molecule has 1 amide bonds. The van der Waals surface area contributed by atoms with E-state index in [-0.39, 0.29) is 6.04 Å². The van der Waals surface area contributed by atoms with Gasteiger partial charge in [-0.05, 0) is 43.0 Å². The number of carbonyl (C=O) groups is 1. The summed E-state index contributed by atoms with van der Waals surface area (Å²) < 4.78 is 6.69. The normalized spacial score (nSPS) is 14.4. The third-order valence-electron chi connectivity index (χ3n) is 4.74. The minimum Gasteiger partial charge on any atom is -0.365 e. The SMILES string of the molecule is Cc1nc(-c2ccc(Nc3nn(C(CC#N)C4CC4)cc3C(N)=O)cc2)no1. The lowest BCUT2D eigenvalue weighted by Crippen LogP contribution is -2.12. The van der Waals surface area contributed by atoms with Crippen LogP contribution in [0.3, 0.4) is 0 Å². The molecule has 3 N–H and O–H groups in total. The zero-order valence-corrected chi connectivity index (χ0v) is 15.3. The molecule has 1 aliphatic carbocycles. The lowest BCUT2D eigenvalue weighted by Gasteiger charge is -2.12. The second-order valence-corrected chi connectivity index (χ2v) is 6.84. The van der Waals surface area contributed by atoms with Crippen LogP contribution in [0.2, 0.25) is 0 Å². The number of nitrogens with zero attached hydrogens (tertiary/aromatic N) is 5. The highest BCUT2D eigenvalue weighted by molar-refractivity contribution is 5.98. The second kappa shape index (κ2) is 7.15. The third-order valence-corrected chi connectivity index (χ3v) is 4.74. The summed E-state index contributed by atoms with van der Waals surface area (Å²) in [6, 6.07) is 9.51. The van der Waals surface area contributed by atoms with Gasteiger partial charge in [-0.2, -0.15) is 15.3 Å². The van der Waals surface area contributed by atoms with E-state index in [9.17, 15) is 4.79 Å². The van der Waals surface area contributed by atoms with Crippen LogP contribution < -0.4 is 11.1 Å². The molecule has 9 nitrogen and oxygen atoms in total. The molecule has 1 saturated carbocycles. The van der Waals surface area contributed by atoms with Crippen LogP contribution in [-0.2, 0) is 0 Å². The van der Waals surface area contributed by atoms with Crippen molar-refractivity contribution in [2.75, 3.05) is 5.32 Å². The van der Waals surface area contributed by atoms with Crippen LogP contribution in [0.15, 0.2) is 35.0 Å². The monoisotopic (exact) mass is 377 g/mol. The highest BCUT2D eigenvalue weighted by Gasteiger charge is 2.33. The van der Waals surface area contributed by atoms with Gasteiger partial charge in [0.1, 0.15) is 5.56 Å². The van der Waals surface area contributed by atoms with Gasteiger partial charge in [0, 0.05) is 24.4 Å². The average molecular weight is 377 g/mol. The number of aryl methyl sites for hydroxylation is 1. The molecular formula is C19H19N7O2. The predicted molar refractivity (Wildman–Crippen MR) is 100 cm³/mol. The first-order valence-electron chi connectivity index (χ1n) is 8.99. The van der Waals surface area contributed by atoms with Crippen LogP contribution in [-0.4, -0.2) is 25.8 Å². The van der Waals surface area contributed by atoms with E-state index >= 15 is 0 Å². The number of hydrogen-bond donors (Lipinski definition) is 2. The molecule has 3 aromatic rings. The molecule has 1 aliphatic rings. The van der Waals surface area contributed by atoms with Crippen LogP contribution in [0.4, 0.5) is 11.5 Å². The number of aromatic nitrogens is 4. The van der Waals surface area contributed by atoms with Crippen LogP contribution in [0, 0.1) is 24.2 Å². The zero-order chi connectivity index (χ0) is 19.7. The highest BCUT2D eigenvalue weighted by atomic mass is 16.5. The number of hydrogen-bond acceptors (Lipinski definition) is 7. The molecule has 1 fully saturated rings. The van der Waals surface area contributed by atoms with Gasteiger partial charge in [0.15, 0.2) is 5.82 Å². The minimum absolute atomic E-state index is 0.0393. The van der Waals surface area contributed by atoms with E-state index in [0.717, 1.165) is 24.1 Å². The number of primary amides is 1. The number of rotatable bonds is 7. The Morgan fingerprint density at radius 2 is 2.18 bits per heavy atom. The first-order valence-corrected chi connectivity index (χ1v) is 8.99. The average Bonchev–Trinajstić information content (AvgIpc) is 3.29. The van der Waals surface area contributed by atoms with Crippen LogP contribution >= 0.6 is 0 Å². The summed E-state index contributed by atoms with van der Waals surface area (Å²) in [4.78, 5) is 16.1. The Balaban J connectivity index is 1.58. The summed E-state index contributed by atoms with van der Waals surface area (Å²) in [5, 5.41) is 20.6. The molecule has 1 atom stereocenters. The Kier molecular flexibility index (Phi) is 4.53. The lowest BCUT2D eigenvalue weighted by molar-refractivity contribution is 0.100. The van der Waals surface area contributed by atoms with Crippen molar-refractivity contribution < 1.29 is 9.32 Å². The van der Waals surface area contributed by atoms with E-state index in [1.807, 2.05) is 24.3 Å². The lowest BCUT2D eigenvalue weighted by atomic mass is 10.1. The van der Waals surface area contributed by atoms with Gasteiger partial charge in [-0.25, -0.2) is 0 Å². The summed E-state index contributed by atoms with van der Waals surface area (Å²) in [5.74, 6) is 1.23. The summed E-state index contributed by atoms with van der Waals surface area (Å²) in [6.07, 6.45) is 4.11. The molecule has 0 radical (unpaired) electrons. The molecule has 2 heterocycles. The van der Waals surface area contributed by atoms with E-state index in [4.69, 9.17) is 15.5 Å². The molecule has 1 aromatic carbocycles. The molecule has 1 unspecified atom stereocenters. The summed E-state index contributed by atoms with van der Waals surface area (Å²) in [7, 11) is 0. The smallest absolute Gasteiger partial charge is 0.254 e. The van der Waals surface area contributed by atoms with Gasteiger partial charge in [0.05, 0.1) is 18.5 Å². The predicted octanol–water partition coefficient (Wildman–Crippen LogP) is 2.95. The fourth-order valence-electron chi connectivity index (χ4n) is 3.14. The topological polar surface area (TPSA) is 136 Å². The second-order valence-electron chi connectivity index (χ2n) is 6.84. The largest absolute Gasteiger partial charge is 0.365 e. The maximum Gasteiger partial charge on any atom is 0.254 e. The molecule has 2 aromatic heterocycles. The summed E-state index contributed by atoms with van der Waals surface area (Å²) >= 11 is 0. The molecule has 0 saturated heterocycles. The van der Waals surface area contributed by atoms with Crippen molar-refractivity contribution in [1.29, 1.82) is 5.26 Å². The van der Waals surface area contributed by atoms with Gasteiger partial charge in [0.25, 0.3) is 5.91 Å². The first-order chi connectivity index (χ1) is 13.5. The van der Waals surface area contributed by atoms with E-state index in [1.165, 1.54) is 0 Å². The van der Waals surface area contributed by atoms with Crippen LogP contribution in [0.25, 0.3) is 11.4 Å². The van der Waals surface area contributed by atoms with Crippen molar-refractivity contribution in [1.82, 2.24) is 19.9 Å². The number of anilines is 2. The van der Waals surface area contributed by atoms with Crippen molar-refractivity contribution in [2.45, 2.75) is 32.2 Å². The fourth-order valence-corrected chi connectivity index (χ4v) is 3.14. The minimum atomic E-state index is -0.570. The Morgan fingerprint density at radius 3 is 2.75 bits per heavy atom. The Bertz CT molecular complexity index is 1040. The Labute approximate surface area is 161 Å². The van der Waals surface area contributed by atoms with Gasteiger partial charge in [-0.1, -0.05) is 5.16 Å². The van der Waals surface area contributed by atoms with Gasteiger partial charge in [-0.3, -0.25) is 9.48 Å². The maximum atomic E-state index is 11.9. The number of amides is 1. The number of nitrogens with two attached hydrogens (primary N) is 1. The van der Waals surface area contributed by atoms with Crippen LogP contribution in [0.5, 0.6) is 0 Å². The Morgan fingerprint density at radius 1 is 1.43 bits per heavy atom. The fraction of sp³-hybridized carbons (Fsp3) is 0.316. The summed E-state index contributed by atoms with van der Waals surface area (Å²) in [5.41, 5.74) is 7.37. The van der Waals surface area contributed by atoms with E-state index in [0.29, 0.717) is 35.4 Å². The van der Waals surface area contributed by atoms with Gasteiger partial charge in [0.2, 0.25) is 11.7 Å². The number of nitrogens with one attached hydrogen (secondary N) is 1. The van der Waals surface area contributed by atoms with E-state index in [2.05, 4.69) is 26.6 Å². The van der Waals surface area contributed by atoms with Crippen molar-refractivity contribution in [3.05, 3.63) is 41.9 Å². The van der Waals surface area contributed by atoms with Crippen LogP contribution in [0.1, 0.15) is 41.6 Å². The van der Waals surface area contributed by atoms with Crippen molar-refractivity contribution in [3.8, 4) is 17.5 Å². The highest BCUT2D eigenvalue weighted by Crippen LogP contribution is 2.41. The summed E-state index contributed by atoms with van der Waals surface area (Å²) in [6.45, 7) is 1.73. The quantitative estimate of drug-likeness (QED) is 0.646. The van der Waals surface area contributed by atoms with E-state index in [1.54, 1.807) is 17.8 Å². The van der Waals surface area contributed by atoms with Gasteiger partial charge in [-0.15, -0.1) is 0 Å². The number of carbonyl (C=O) groups excluding carboxylic acids is 1. The Hall–Kier alpha value is -3.67. The molecule has 28 heavy (non-hydrogen) atoms. The van der Waals surface area contributed by atoms with E-state index < -0.39 is 5.91 Å². The molecule has 0 bridgehead atoms. The molecule has 0 aliphatic heterocycles. The number of benzene rings is 1. The number of nitriles is 1. The molecular weight excluding hydrogens is 358 g/mol. The maximum absolute atomic E-state index is 11.9. The van der Waals surface area contributed by atoms with Crippen molar-refractivity contribution in [2.24, 2.45) is 11.7 Å². The van der Waals surface area contributed by atoms with Crippen molar-refractivity contribution >= 4 is 17.4 Å². The molecule has 142 valence electrons. The zero-order valence-electron chi connectivity index (χ0n) is 15.3.